The Morgan fingerprint density at radius 1 is 0.274 bits per heavy atom. The number of aromatic nitrogens is 3. The predicted octanol–water partition coefficient (Wildman–Crippen LogP) is 15.1. The van der Waals surface area contributed by atoms with Crippen LogP contribution in [0, 0.1) is 0 Å². The second-order valence-electron chi connectivity index (χ2n) is 14.0. The summed E-state index contributed by atoms with van der Waals surface area (Å²) >= 11 is 0. The summed E-state index contributed by atoms with van der Waals surface area (Å²) in [5.41, 5.74) is -11.6. The lowest BCUT2D eigenvalue weighted by Gasteiger charge is -2.17. The van der Waals surface area contributed by atoms with Crippen LogP contribution in [0.25, 0.3) is 66.4 Å². The largest absolute Gasteiger partial charge is 0.416 e. The predicted molar refractivity (Wildman–Crippen MR) is 188 cm³/mol. The molecule has 3 aromatic heterocycles. The molecule has 0 saturated heterocycles. The van der Waals surface area contributed by atoms with Gasteiger partial charge in [0.25, 0.3) is 0 Å². The molecular formula is C41H17F18N3. The van der Waals surface area contributed by atoms with Crippen molar-refractivity contribution >= 4 is 43.6 Å². The molecule has 0 saturated carbocycles. The molecule has 3 heterocycles. The number of halogens is 18. The molecule has 0 atom stereocenters. The Hall–Kier alpha value is -6.41. The molecule has 5 aromatic carbocycles. The van der Waals surface area contributed by atoms with Crippen molar-refractivity contribution in [2.45, 2.75) is 37.1 Å². The van der Waals surface area contributed by atoms with Crippen molar-refractivity contribution in [3.05, 3.63) is 137 Å². The van der Waals surface area contributed by atoms with Gasteiger partial charge in [-0.2, -0.15) is 79.0 Å². The maximum Gasteiger partial charge on any atom is 0.416 e. The van der Waals surface area contributed by atoms with Crippen molar-refractivity contribution in [1.82, 2.24) is 14.1 Å². The Balaban J connectivity index is 1.53. The molecule has 0 aliphatic heterocycles. The highest BCUT2D eigenvalue weighted by Crippen LogP contribution is 2.44. The highest BCUT2D eigenvalue weighted by atomic mass is 19.4. The molecule has 0 aliphatic rings. The minimum atomic E-state index is -5.40. The number of alkyl halides is 18. The van der Waals surface area contributed by atoms with Gasteiger partial charge < -0.3 is 0 Å². The molecule has 0 spiro atoms. The summed E-state index contributed by atoms with van der Waals surface area (Å²) < 4.78 is 254. The van der Waals surface area contributed by atoms with Gasteiger partial charge in [0.05, 0.1) is 55.4 Å². The van der Waals surface area contributed by atoms with Gasteiger partial charge in [-0.1, -0.05) is 0 Å². The van der Waals surface area contributed by atoms with Crippen molar-refractivity contribution in [3.8, 4) is 22.8 Å². The van der Waals surface area contributed by atoms with Crippen LogP contribution < -0.4 is 0 Å². The smallest absolute Gasteiger partial charge is 0.294 e. The Kier molecular flexibility index (Phi) is 9.24. The zero-order chi connectivity index (χ0) is 45.3. The van der Waals surface area contributed by atoms with Gasteiger partial charge in [0, 0.05) is 21.5 Å². The van der Waals surface area contributed by atoms with Crippen LogP contribution in [-0.2, 0) is 37.1 Å². The molecule has 0 N–H and O–H groups in total. The van der Waals surface area contributed by atoms with Crippen LogP contribution >= 0.6 is 0 Å². The highest BCUT2D eigenvalue weighted by Gasteiger charge is 2.39. The fourth-order valence-electron chi connectivity index (χ4n) is 7.26. The van der Waals surface area contributed by atoms with E-state index < -0.39 is 115 Å². The maximum atomic E-state index is 14.1. The van der Waals surface area contributed by atoms with Gasteiger partial charge in [0.15, 0.2) is 0 Å². The first-order valence-electron chi connectivity index (χ1n) is 17.3. The lowest BCUT2D eigenvalue weighted by molar-refractivity contribution is -0.143. The number of rotatable bonds is 3. The molecule has 21 heteroatoms. The lowest BCUT2D eigenvalue weighted by Crippen LogP contribution is -2.11. The third-order valence-corrected chi connectivity index (χ3v) is 10.0. The molecule has 0 aliphatic carbocycles. The van der Waals surface area contributed by atoms with Gasteiger partial charge >= 0.3 is 37.1 Å². The van der Waals surface area contributed by atoms with E-state index in [-0.39, 0.29) is 28.1 Å². The first-order valence-corrected chi connectivity index (χ1v) is 17.3. The lowest BCUT2D eigenvalue weighted by atomic mass is 9.99. The van der Waals surface area contributed by atoms with Gasteiger partial charge in [-0.3, -0.25) is 9.13 Å². The standard InChI is InChI=1S/C41H17F18N3/c42-36(43,44)20-1-5-30-26(14-20)27-15-21(37(45,46)47)2-6-31(27)61(30)34-11-19(18-9-24(40(54,55)56)13-25(10-18)41(57,58)59)12-35(60-34)62-32-7-3-22(38(48,49)50)16-28(32)29-17-23(39(51,52)53)4-8-33(29)62/h1-17H. The summed E-state index contributed by atoms with van der Waals surface area (Å²) in [5, 5.41) is -1.87. The zero-order valence-corrected chi connectivity index (χ0v) is 30.0. The average molecular weight is 894 g/mol. The Labute approximate surface area is 333 Å². The average Bonchev–Trinajstić information content (AvgIpc) is 3.67. The maximum absolute atomic E-state index is 14.1. The van der Waals surface area contributed by atoms with Crippen LogP contribution in [0.15, 0.2) is 103 Å². The minimum absolute atomic E-state index is 0.195. The zero-order valence-electron chi connectivity index (χ0n) is 30.0. The van der Waals surface area contributed by atoms with E-state index >= 15 is 0 Å². The summed E-state index contributed by atoms with van der Waals surface area (Å²) in [6.45, 7) is 0. The van der Waals surface area contributed by atoms with Crippen LogP contribution in [0.3, 0.4) is 0 Å². The quantitative estimate of drug-likeness (QED) is 0.162. The van der Waals surface area contributed by atoms with E-state index in [4.69, 9.17) is 0 Å². The summed E-state index contributed by atoms with van der Waals surface area (Å²) in [7, 11) is 0. The minimum Gasteiger partial charge on any atom is -0.294 e. The number of hydrogen-bond donors (Lipinski definition) is 0. The third kappa shape index (κ3) is 7.39. The van der Waals surface area contributed by atoms with E-state index in [9.17, 15) is 79.0 Å². The number of nitrogens with zero attached hydrogens (tertiary/aromatic N) is 3. The molecule has 3 nitrogen and oxygen atoms in total. The third-order valence-electron chi connectivity index (χ3n) is 10.0. The molecule has 0 bridgehead atoms. The van der Waals surface area contributed by atoms with Crippen molar-refractivity contribution < 1.29 is 79.0 Å². The van der Waals surface area contributed by atoms with Crippen LogP contribution in [-0.4, -0.2) is 14.1 Å². The van der Waals surface area contributed by atoms with Gasteiger partial charge in [0.2, 0.25) is 0 Å². The topological polar surface area (TPSA) is 22.8 Å². The fraction of sp³-hybridized carbons (Fsp3) is 0.146. The fourth-order valence-corrected chi connectivity index (χ4v) is 7.26. The van der Waals surface area contributed by atoms with Crippen LogP contribution in [0.5, 0.6) is 0 Å². The first kappa shape index (κ1) is 42.3. The Morgan fingerprint density at radius 2 is 0.516 bits per heavy atom. The molecule has 8 aromatic rings. The van der Waals surface area contributed by atoms with Crippen molar-refractivity contribution in [2.24, 2.45) is 0 Å². The summed E-state index contributed by atoms with van der Waals surface area (Å²) in [6, 6.07) is 9.61. The molecule has 0 fully saturated rings. The first-order chi connectivity index (χ1) is 28.5. The summed E-state index contributed by atoms with van der Waals surface area (Å²) in [4.78, 5) is 4.46. The second-order valence-corrected chi connectivity index (χ2v) is 14.0. The monoisotopic (exact) mass is 893 g/mol. The summed E-state index contributed by atoms with van der Waals surface area (Å²) in [6.07, 6.45) is -30.9. The molecule has 0 amide bonds. The molecule has 8 rings (SSSR count). The van der Waals surface area contributed by atoms with Crippen molar-refractivity contribution in [3.63, 3.8) is 0 Å². The molecule has 322 valence electrons. The van der Waals surface area contributed by atoms with Crippen LogP contribution in [0.2, 0.25) is 0 Å². The Morgan fingerprint density at radius 3 is 0.758 bits per heavy atom. The van der Waals surface area contributed by atoms with E-state index in [0.717, 1.165) is 45.5 Å². The van der Waals surface area contributed by atoms with Crippen LogP contribution in [0.4, 0.5) is 79.0 Å². The highest BCUT2D eigenvalue weighted by molar-refractivity contribution is 6.11. The number of fused-ring (bicyclic) bond motifs is 6. The molecule has 62 heavy (non-hydrogen) atoms. The van der Waals surface area contributed by atoms with E-state index in [0.29, 0.717) is 60.7 Å². The van der Waals surface area contributed by atoms with Crippen molar-refractivity contribution in [1.29, 1.82) is 0 Å². The van der Waals surface area contributed by atoms with Gasteiger partial charge in [-0.05, 0) is 114 Å². The number of benzene rings is 5. The molecular weight excluding hydrogens is 876 g/mol. The van der Waals surface area contributed by atoms with E-state index in [1.54, 1.807) is 0 Å². The van der Waals surface area contributed by atoms with Gasteiger partial charge in [0.1, 0.15) is 11.6 Å². The second kappa shape index (κ2) is 13.5. The van der Waals surface area contributed by atoms with Crippen molar-refractivity contribution in [2.75, 3.05) is 0 Å². The van der Waals surface area contributed by atoms with E-state index in [1.165, 1.54) is 0 Å². The summed E-state index contributed by atoms with van der Waals surface area (Å²) in [5.74, 6) is -1.14. The number of pyridine rings is 1. The van der Waals surface area contributed by atoms with Gasteiger partial charge in [-0.15, -0.1) is 0 Å². The Bertz CT molecular complexity index is 2760. The molecule has 0 radical (unpaired) electrons. The normalized spacial score (nSPS) is 13.6. The van der Waals surface area contributed by atoms with Gasteiger partial charge in [-0.25, -0.2) is 4.98 Å². The van der Waals surface area contributed by atoms with E-state index in [1.807, 2.05) is 0 Å². The number of hydrogen-bond acceptors (Lipinski definition) is 1. The molecule has 0 unspecified atom stereocenters. The van der Waals surface area contributed by atoms with Crippen LogP contribution in [0.1, 0.15) is 33.4 Å². The SMILES string of the molecule is FC(F)(F)c1cc(-c2cc(-n3c4ccc(C(F)(F)F)cc4c4cc(C(F)(F)F)ccc43)nc(-n3c4ccc(C(F)(F)F)cc4c4cc(C(F)(F)F)ccc43)c2)cc(C(F)(F)F)c1. The van der Waals surface area contributed by atoms with E-state index in [2.05, 4.69) is 4.98 Å².